The zero-order chi connectivity index (χ0) is 16.3. The van der Waals surface area contributed by atoms with Gasteiger partial charge in [0.15, 0.2) is 0 Å². The van der Waals surface area contributed by atoms with Crippen LogP contribution in [0.15, 0.2) is 58.4 Å². The lowest BCUT2D eigenvalue weighted by Gasteiger charge is -2.33. The van der Waals surface area contributed by atoms with E-state index in [2.05, 4.69) is 9.88 Å². The molecule has 2 aromatic rings. The van der Waals surface area contributed by atoms with Crippen LogP contribution >= 0.6 is 0 Å². The van der Waals surface area contributed by atoms with Gasteiger partial charge in [0.05, 0.1) is 4.90 Å². The van der Waals surface area contributed by atoms with Crippen molar-refractivity contribution in [3.05, 3.63) is 64.6 Å². The van der Waals surface area contributed by atoms with Gasteiger partial charge in [0.2, 0.25) is 15.6 Å². The van der Waals surface area contributed by atoms with Crippen LogP contribution in [0.2, 0.25) is 0 Å². The van der Waals surface area contributed by atoms with Gasteiger partial charge in [-0.25, -0.2) is 8.42 Å². The third kappa shape index (κ3) is 3.69. The van der Waals surface area contributed by atoms with Crippen LogP contribution in [0.3, 0.4) is 0 Å². The van der Waals surface area contributed by atoms with E-state index in [-0.39, 0.29) is 5.56 Å². The summed E-state index contributed by atoms with van der Waals surface area (Å²) in [5.74, 6) is 0. The SMILES string of the molecule is O=c1ccc(CN2CCN(S(=O)(=O)c3ccccc3)CC2)c[nH]1. The molecular weight excluding hydrogens is 314 g/mol. The summed E-state index contributed by atoms with van der Waals surface area (Å²) in [5.41, 5.74) is 0.900. The number of piperazine rings is 1. The van der Waals surface area contributed by atoms with E-state index in [1.165, 1.54) is 10.4 Å². The van der Waals surface area contributed by atoms with Crippen molar-refractivity contribution in [1.82, 2.24) is 14.2 Å². The molecule has 0 amide bonds. The first-order valence-corrected chi connectivity index (χ1v) is 8.95. The number of pyridine rings is 1. The number of sulfonamides is 1. The summed E-state index contributed by atoms with van der Waals surface area (Å²) in [6.07, 6.45) is 1.70. The fourth-order valence-electron chi connectivity index (χ4n) is 2.67. The maximum atomic E-state index is 12.6. The lowest BCUT2D eigenvalue weighted by molar-refractivity contribution is 0.181. The summed E-state index contributed by atoms with van der Waals surface area (Å²) in [6.45, 7) is 2.99. The molecule has 3 rings (SSSR count). The van der Waals surface area contributed by atoms with Crippen molar-refractivity contribution in [1.29, 1.82) is 0 Å². The smallest absolute Gasteiger partial charge is 0.247 e. The molecule has 0 aliphatic carbocycles. The fraction of sp³-hybridized carbons (Fsp3) is 0.312. The van der Waals surface area contributed by atoms with Gasteiger partial charge in [-0.05, 0) is 17.7 Å². The molecule has 1 saturated heterocycles. The predicted molar refractivity (Wildman–Crippen MR) is 87.5 cm³/mol. The first-order chi connectivity index (χ1) is 11.1. The number of rotatable bonds is 4. The Morgan fingerprint density at radius 2 is 1.65 bits per heavy atom. The highest BCUT2D eigenvalue weighted by molar-refractivity contribution is 7.89. The number of benzene rings is 1. The maximum absolute atomic E-state index is 12.6. The highest BCUT2D eigenvalue weighted by atomic mass is 32.2. The molecule has 0 radical (unpaired) electrons. The minimum atomic E-state index is -3.40. The van der Waals surface area contributed by atoms with Crippen LogP contribution in [0.4, 0.5) is 0 Å². The van der Waals surface area contributed by atoms with E-state index in [1.54, 1.807) is 42.6 Å². The van der Waals surface area contributed by atoms with Gasteiger partial charge in [-0.3, -0.25) is 9.69 Å². The predicted octanol–water partition coefficient (Wildman–Crippen LogP) is 0.881. The molecular formula is C16H19N3O3S. The van der Waals surface area contributed by atoms with Crippen molar-refractivity contribution in [3.8, 4) is 0 Å². The molecule has 1 N–H and O–H groups in total. The Balaban J connectivity index is 1.62. The third-order valence-electron chi connectivity index (χ3n) is 3.97. The molecule has 2 heterocycles. The van der Waals surface area contributed by atoms with Gasteiger partial charge >= 0.3 is 0 Å². The molecule has 6 nitrogen and oxygen atoms in total. The van der Waals surface area contributed by atoms with Crippen molar-refractivity contribution in [2.24, 2.45) is 0 Å². The van der Waals surface area contributed by atoms with Crippen molar-refractivity contribution in [3.63, 3.8) is 0 Å². The average Bonchev–Trinajstić information content (AvgIpc) is 2.58. The quantitative estimate of drug-likeness (QED) is 0.901. The van der Waals surface area contributed by atoms with Crippen LogP contribution in [0.25, 0.3) is 0 Å². The van der Waals surface area contributed by atoms with Crippen molar-refractivity contribution in [2.75, 3.05) is 26.2 Å². The Morgan fingerprint density at radius 3 is 2.26 bits per heavy atom. The van der Waals surface area contributed by atoms with E-state index in [4.69, 9.17) is 0 Å². The summed E-state index contributed by atoms with van der Waals surface area (Å²) >= 11 is 0. The Morgan fingerprint density at radius 1 is 0.957 bits per heavy atom. The van der Waals surface area contributed by atoms with E-state index in [0.717, 1.165) is 5.56 Å². The third-order valence-corrected chi connectivity index (χ3v) is 5.88. The molecule has 1 aromatic carbocycles. The molecule has 1 aromatic heterocycles. The zero-order valence-corrected chi connectivity index (χ0v) is 13.5. The van der Waals surface area contributed by atoms with Crippen LogP contribution in [-0.4, -0.2) is 48.8 Å². The van der Waals surface area contributed by atoms with Gasteiger partial charge in [-0.2, -0.15) is 4.31 Å². The second-order valence-corrected chi connectivity index (χ2v) is 7.49. The number of aromatic nitrogens is 1. The van der Waals surface area contributed by atoms with Crippen molar-refractivity contribution < 1.29 is 8.42 Å². The average molecular weight is 333 g/mol. The minimum Gasteiger partial charge on any atom is -0.329 e. The Hall–Kier alpha value is -1.96. The molecule has 0 bridgehead atoms. The number of hydrogen-bond acceptors (Lipinski definition) is 4. The van der Waals surface area contributed by atoms with Gasteiger partial charge in [0.1, 0.15) is 0 Å². The van der Waals surface area contributed by atoms with E-state index in [0.29, 0.717) is 37.6 Å². The number of nitrogens with one attached hydrogen (secondary N) is 1. The van der Waals surface area contributed by atoms with Crippen LogP contribution in [0.5, 0.6) is 0 Å². The van der Waals surface area contributed by atoms with Crippen molar-refractivity contribution in [2.45, 2.75) is 11.4 Å². The summed E-state index contributed by atoms with van der Waals surface area (Å²) < 4.78 is 26.6. The van der Waals surface area contributed by atoms with Crippen LogP contribution in [0.1, 0.15) is 5.56 Å². The molecule has 0 atom stereocenters. The molecule has 0 saturated carbocycles. The first-order valence-electron chi connectivity index (χ1n) is 7.51. The number of aromatic amines is 1. The molecule has 0 unspecified atom stereocenters. The van der Waals surface area contributed by atoms with E-state index in [1.807, 2.05) is 0 Å². The second kappa shape index (κ2) is 6.66. The number of hydrogen-bond donors (Lipinski definition) is 1. The summed E-state index contributed by atoms with van der Waals surface area (Å²) in [5, 5.41) is 0. The van der Waals surface area contributed by atoms with Gasteiger partial charge in [-0.15, -0.1) is 0 Å². The molecule has 1 aliphatic rings. The Labute approximate surface area is 135 Å². The highest BCUT2D eigenvalue weighted by Crippen LogP contribution is 2.17. The summed E-state index contributed by atoms with van der Waals surface area (Å²) in [4.78, 5) is 16.2. The second-order valence-electron chi connectivity index (χ2n) is 5.55. The fourth-order valence-corrected chi connectivity index (χ4v) is 4.11. The van der Waals surface area contributed by atoms with E-state index < -0.39 is 10.0 Å². The van der Waals surface area contributed by atoms with Gasteiger partial charge in [0.25, 0.3) is 0 Å². The summed E-state index contributed by atoms with van der Waals surface area (Å²) in [7, 11) is -3.40. The monoisotopic (exact) mass is 333 g/mol. The molecule has 23 heavy (non-hydrogen) atoms. The Kier molecular flexibility index (Phi) is 4.61. The zero-order valence-electron chi connectivity index (χ0n) is 12.7. The van der Waals surface area contributed by atoms with E-state index >= 15 is 0 Å². The minimum absolute atomic E-state index is 0.118. The normalized spacial score (nSPS) is 17.2. The summed E-state index contributed by atoms with van der Waals surface area (Å²) in [6, 6.07) is 11.8. The molecule has 122 valence electrons. The van der Waals surface area contributed by atoms with Crippen LogP contribution < -0.4 is 5.56 Å². The van der Waals surface area contributed by atoms with Gasteiger partial charge < -0.3 is 4.98 Å². The maximum Gasteiger partial charge on any atom is 0.247 e. The van der Waals surface area contributed by atoms with Gasteiger partial charge in [0, 0.05) is 45.0 Å². The molecule has 7 heteroatoms. The molecule has 1 fully saturated rings. The molecule has 1 aliphatic heterocycles. The number of H-pyrrole nitrogens is 1. The lowest BCUT2D eigenvalue weighted by atomic mass is 10.2. The number of nitrogens with zero attached hydrogens (tertiary/aromatic N) is 2. The topological polar surface area (TPSA) is 73.5 Å². The first kappa shape index (κ1) is 15.9. The van der Waals surface area contributed by atoms with Crippen molar-refractivity contribution >= 4 is 10.0 Å². The van der Waals surface area contributed by atoms with Crippen LogP contribution in [0, 0.1) is 0 Å². The lowest BCUT2D eigenvalue weighted by Crippen LogP contribution is -2.48. The van der Waals surface area contributed by atoms with Gasteiger partial charge in [-0.1, -0.05) is 24.3 Å². The largest absolute Gasteiger partial charge is 0.329 e. The van der Waals surface area contributed by atoms with E-state index in [9.17, 15) is 13.2 Å². The van der Waals surface area contributed by atoms with Crippen LogP contribution in [-0.2, 0) is 16.6 Å². The Bertz CT molecular complexity index is 789. The standard InChI is InChI=1S/C16H19N3O3S/c20-16-7-6-14(12-17-16)13-18-8-10-19(11-9-18)23(21,22)15-4-2-1-3-5-15/h1-7,12H,8-11,13H2,(H,17,20). The molecule has 0 spiro atoms. The highest BCUT2D eigenvalue weighted by Gasteiger charge is 2.28.